The van der Waals surface area contributed by atoms with Crippen LogP contribution >= 0.6 is 11.6 Å². The number of hydrogen-bond acceptors (Lipinski definition) is 3. The van der Waals surface area contributed by atoms with Crippen LogP contribution in [-0.4, -0.2) is 21.7 Å². The van der Waals surface area contributed by atoms with Gasteiger partial charge in [-0.2, -0.15) is 5.10 Å². The van der Waals surface area contributed by atoms with E-state index < -0.39 is 0 Å². The molecule has 1 amide bonds. The molecular formula is C24H22ClN3O2. The zero-order valence-electron chi connectivity index (χ0n) is 16.6. The van der Waals surface area contributed by atoms with Gasteiger partial charge in [-0.25, -0.2) is 4.68 Å². The van der Waals surface area contributed by atoms with Crippen LogP contribution in [0.15, 0.2) is 83.6 Å². The lowest BCUT2D eigenvalue weighted by molar-refractivity contribution is -0.121. The summed E-state index contributed by atoms with van der Waals surface area (Å²) in [7, 11) is 0. The van der Waals surface area contributed by atoms with Crippen LogP contribution < -0.4 is 5.32 Å². The molecule has 2 aromatic heterocycles. The van der Waals surface area contributed by atoms with E-state index in [1.165, 1.54) is 0 Å². The van der Waals surface area contributed by atoms with E-state index in [-0.39, 0.29) is 18.4 Å². The summed E-state index contributed by atoms with van der Waals surface area (Å²) in [5, 5.41) is 8.46. The van der Waals surface area contributed by atoms with Crippen molar-refractivity contribution in [3.63, 3.8) is 0 Å². The first-order chi connectivity index (χ1) is 14.6. The first kappa shape index (κ1) is 20.0. The number of halogens is 1. The third-order valence-electron chi connectivity index (χ3n) is 4.77. The largest absolute Gasteiger partial charge is 0.469 e. The highest BCUT2D eigenvalue weighted by molar-refractivity contribution is 6.30. The molecular weight excluding hydrogens is 398 g/mol. The highest BCUT2D eigenvalue weighted by Gasteiger charge is 2.17. The quantitative estimate of drug-likeness (QED) is 0.454. The van der Waals surface area contributed by atoms with Crippen molar-refractivity contribution < 1.29 is 9.21 Å². The Morgan fingerprint density at radius 2 is 1.87 bits per heavy atom. The summed E-state index contributed by atoms with van der Waals surface area (Å²) < 4.78 is 7.17. The van der Waals surface area contributed by atoms with Gasteiger partial charge in [-0.05, 0) is 43.3 Å². The monoisotopic (exact) mass is 419 g/mol. The Bertz CT molecular complexity index is 1100. The van der Waals surface area contributed by atoms with Crippen molar-refractivity contribution in [2.75, 3.05) is 0 Å². The topological polar surface area (TPSA) is 60.1 Å². The molecule has 0 saturated heterocycles. The Morgan fingerprint density at radius 1 is 1.10 bits per heavy atom. The molecule has 4 rings (SSSR count). The maximum atomic E-state index is 12.7. The molecule has 0 spiro atoms. The normalized spacial score (nSPS) is 11.9. The van der Waals surface area contributed by atoms with Gasteiger partial charge in [0.25, 0.3) is 0 Å². The first-order valence-corrected chi connectivity index (χ1v) is 10.2. The molecule has 1 unspecified atom stereocenters. The third-order valence-corrected chi connectivity index (χ3v) is 5.03. The van der Waals surface area contributed by atoms with Crippen molar-refractivity contribution >= 4 is 17.5 Å². The van der Waals surface area contributed by atoms with Gasteiger partial charge in [0.1, 0.15) is 5.76 Å². The Hall–Kier alpha value is -3.31. The Kier molecular flexibility index (Phi) is 6.00. The molecule has 1 N–H and O–H groups in total. The Balaban J connectivity index is 1.56. The van der Waals surface area contributed by atoms with Gasteiger partial charge in [0.2, 0.25) is 5.91 Å². The number of aromatic nitrogens is 2. The second kappa shape index (κ2) is 9.01. The lowest BCUT2D eigenvalue weighted by Crippen LogP contribution is -2.35. The summed E-state index contributed by atoms with van der Waals surface area (Å²) in [5.74, 6) is 0.790. The van der Waals surface area contributed by atoms with Crippen LogP contribution in [-0.2, 0) is 17.6 Å². The van der Waals surface area contributed by atoms with Crippen LogP contribution in [0.4, 0.5) is 0 Å². The van der Waals surface area contributed by atoms with E-state index in [0.29, 0.717) is 11.4 Å². The highest BCUT2D eigenvalue weighted by Crippen LogP contribution is 2.25. The van der Waals surface area contributed by atoms with Gasteiger partial charge in [0, 0.05) is 34.8 Å². The second-order valence-corrected chi connectivity index (χ2v) is 7.66. The van der Waals surface area contributed by atoms with E-state index in [1.54, 1.807) is 10.9 Å². The smallest absolute Gasteiger partial charge is 0.224 e. The predicted octanol–water partition coefficient (Wildman–Crippen LogP) is 5.08. The lowest BCUT2D eigenvalue weighted by Gasteiger charge is -2.12. The summed E-state index contributed by atoms with van der Waals surface area (Å²) in [6, 6.07) is 21.0. The molecule has 0 aliphatic heterocycles. The standard InChI is InChI=1S/C24H22ClN3O2/c1-17(14-22-8-5-13-30-22)26-23(29)15-19-16-28(21-6-3-2-4-7-21)27-24(19)18-9-11-20(25)12-10-18/h2-13,16-17H,14-15H2,1H3,(H,26,29). The Morgan fingerprint density at radius 3 is 2.57 bits per heavy atom. The molecule has 4 aromatic rings. The molecule has 0 bridgehead atoms. The number of nitrogens with one attached hydrogen (secondary N) is 1. The Labute approximate surface area is 180 Å². The molecule has 0 radical (unpaired) electrons. The van der Waals surface area contributed by atoms with Crippen LogP contribution in [0.25, 0.3) is 16.9 Å². The summed E-state index contributed by atoms with van der Waals surface area (Å²) in [4.78, 5) is 12.7. The van der Waals surface area contributed by atoms with Crippen molar-refractivity contribution in [3.8, 4) is 16.9 Å². The molecule has 152 valence electrons. The molecule has 6 heteroatoms. The van der Waals surface area contributed by atoms with E-state index in [1.807, 2.05) is 79.9 Å². The fourth-order valence-corrected chi connectivity index (χ4v) is 3.51. The molecule has 2 aromatic carbocycles. The van der Waals surface area contributed by atoms with Gasteiger partial charge in [-0.15, -0.1) is 0 Å². The lowest BCUT2D eigenvalue weighted by atomic mass is 10.1. The van der Waals surface area contributed by atoms with Crippen LogP contribution in [0, 0.1) is 0 Å². The number of hydrogen-bond donors (Lipinski definition) is 1. The average molecular weight is 420 g/mol. The van der Waals surface area contributed by atoms with Crippen molar-refractivity contribution in [1.82, 2.24) is 15.1 Å². The molecule has 0 aliphatic carbocycles. The minimum atomic E-state index is -0.0584. The maximum Gasteiger partial charge on any atom is 0.224 e. The van der Waals surface area contributed by atoms with Gasteiger partial charge < -0.3 is 9.73 Å². The summed E-state index contributed by atoms with van der Waals surface area (Å²) in [5.41, 5.74) is 3.47. The third kappa shape index (κ3) is 4.81. The summed E-state index contributed by atoms with van der Waals surface area (Å²) >= 11 is 6.04. The van der Waals surface area contributed by atoms with E-state index in [2.05, 4.69) is 5.32 Å². The van der Waals surface area contributed by atoms with E-state index in [4.69, 9.17) is 21.1 Å². The molecule has 5 nitrogen and oxygen atoms in total. The average Bonchev–Trinajstić information content (AvgIpc) is 3.39. The fraction of sp³-hybridized carbons (Fsp3) is 0.167. The highest BCUT2D eigenvalue weighted by atomic mass is 35.5. The number of amides is 1. The molecule has 0 saturated carbocycles. The van der Waals surface area contributed by atoms with Crippen LogP contribution in [0.2, 0.25) is 5.02 Å². The second-order valence-electron chi connectivity index (χ2n) is 7.22. The first-order valence-electron chi connectivity index (χ1n) is 9.80. The van der Waals surface area contributed by atoms with Crippen molar-refractivity contribution in [1.29, 1.82) is 0 Å². The van der Waals surface area contributed by atoms with Gasteiger partial charge >= 0.3 is 0 Å². The van der Waals surface area contributed by atoms with E-state index in [0.717, 1.165) is 28.3 Å². The van der Waals surface area contributed by atoms with E-state index in [9.17, 15) is 4.79 Å². The zero-order chi connectivity index (χ0) is 20.9. The number of para-hydroxylation sites is 1. The van der Waals surface area contributed by atoms with Crippen molar-refractivity contribution in [3.05, 3.63) is 95.5 Å². The molecule has 1 atom stereocenters. The fourth-order valence-electron chi connectivity index (χ4n) is 3.38. The number of nitrogens with zero attached hydrogens (tertiary/aromatic N) is 2. The van der Waals surface area contributed by atoms with E-state index >= 15 is 0 Å². The van der Waals surface area contributed by atoms with Crippen LogP contribution in [0.1, 0.15) is 18.2 Å². The SMILES string of the molecule is CC(Cc1ccco1)NC(=O)Cc1cn(-c2ccccc2)nc1-c1ccc(Cl)cc1. The van der Waals surface area contributed by atoms with Crippen molar-refractivity contribution in [2.45, 2.75) is 25.8 Å². The molecule has 2 heterocycles. The van der Waals surface area contributed by atoms with Gasteiger partial charge in [0.15, 0.2) is 0 Å². The molecule has 0 fully saturated rings. The maximum absolute atomic E-state index is 12.7. The van der Waals surface area contributed by atoms with Gasteiger partial charge in [0.05, 0.1) is 24.1 Å². The number of rotatable bonds is 7. The summed E-state index contributed by atoms with van der Waals surface area (Å²) in [6.45, 7) is 1.97. The number of benzene rings is 2. The number of carbonyl (C=O) groups excluding carboxylic acids is 1. The predicted molar refractivity (Wildman–Crippen MR) is 118 cm³/mol. The summed E-state index contributed by atoms with van der Waals surface area (Å²) in [6.07, 6.45) is 4.43. The van der Waals surface area contributed by atoms with Crippen molar-refractivity contribution in [2.24, 2.45) is 0 Å². The van der Waals surface area contributed by atoms with Gasteiger partial charge in [-0.1, -0.05) is 41.9 Å². The van der Waals surface area contributed by atoms with Crippen LogP contribution in [0.5, 0.6) is 0 Å². The number of furan rings is 1. The zero-order valence-corrected chi connectivity index (χ0v) is 17.3. The number of carbonyl (C=O) groups is 1. The molecule has 30 heavy (non-hydrogen) atoms. The minimum Gasteiger partial charge on any atom is -0.469 e. The van der Waals surface area contributed by atoms with Crippen LogP contribution in [0.3, 0.4) is 0 Å². The molecule has 0 aliphatic rings. The minimum absolute atomic E-state index is 0.0354. The van der Waals surface area contributed by atoms with Gasteiger partial charge in [-0.3, -0.25) is 4.79 Å².